The zero-order valence-corrected chi connectivity index (χ0v) is 21.7. The maximum Gasteiger partial charge on any atom is 0.408 e. The molecule has 0 bridgehead atoms. The minimum absolute atomic E-state index is 0.0393. The molecule has 2 rings (SSSR count). The number of allylic oxidation sites excluding steroid dienone is 1. The van der Waals surface area contributed by atoms with E-state index in [1.807, 2.05) is 12.2 Å². The fourth-order valence-electron chi connectivity index (χ4n) is 3.91. The molecule has 0 aromatic heterocycles. The van der Waals surface area contributed by atoms with Crippen molar-refractivity contribution in [2.45, 2.75) is 115 Å². The number of alkyl carbamates (subject to hydrolysis) is 1. The first-order valence-corrected chi connectivity index (χ1v) is 14.3. The lowest BCUT2D eigenvalue weighted by Crippen LogP contribution is -2.55. The van der Waals surface area contributed by atoms with Crippen LogP contribution in [-0.4, -0.2) is 66.1 Å². The molecule has 0 spiro atoms. The highest BCUT2D eigenvalue weighted by Gasteiger charge is 2.51. The number of amides is 2. The molecule has 0 aliphatic carbocycles. The number of nitrogens with one attached hydrogen (secondary N) is 1. The van der Waals surface area contributed by atoms with Gasteiger partial charge in [-0.3, -0.25) is 4.79 Å². The first-order chi connectivity index (χ1) is 14.5. The van der Waals surface area contributed by atoms with Crippen molar-refractivity contribution in [3.8, 4) is 0 Å². The van der Waals surface area contributed by atoms with Gasteiger partial charge in [0.1, 0.15) is 17.7 Å². The lowest BCUT2D eigenvalue weighted by Gasteiger charge is -2.40. The van der Waals surface area contributed by atoms with Crippen LogP contribution in [-0.2, 0) is 18.8 Å². The van der Waals surface area contributed by atoms with Crippen molar-refractivity contribution < 1.29 is 28.7 Å². The summed E-state index contributed by atoms with van der Waals surface area (Å²) in [5, 5.41) is 12.5. The molecule has 8 nitrogen and oxygen atoms in total. The Morgan fingerprint density at radius 2 is 1.78 bits per heavy atom. The van der Waals surface area contributed by atoms with Crippen LogP contribution in [0.5, 0.6) is 0 Å². The predicted molar refractivity (Wildman–Crippen MR) is 125 cm³/mol. The van der Waals surface area contributed by atoms with E-state index >= 15 is 0 Å². The van der Waals surface area contributed by atoms with Gasteiger partial charge in [-0.05, 0) is 58.2 Å². The van der Waals surface area contributed by atoms with Gasteiger partial charge in [-0.15, -0.1) is 0 Å². The Kier molecular flexibility index (Phi) is 7.87. The number of carbonyl (C=O) groups excluding carboxylic acids is 2. The van der Waals surface area contributed by atoms with Gasteiger partial charge in [0.2, 0.25) is 5.91 Å². The third kappa shape index (κ3) is 6.34. The molecule has 0 aromatic rings. The Morgan fingerprint density at radius 1 is 1.16 bits per heavy atom. The van der Waals surface area contributed by atoms with Crippen LogP contribution >= 0.6 is 0 Å². The number of aliphatic carboxylic acids is 1. The van der Waals surface area contributed by atoms with Crippen LogP contribution in [0.25, 0.3) is 0 Å². The molecule has 4 atom stereocenters. The summed E-state index contributed by atoms with van der Waals surface area (Å²) in [6.07, 6.45) is 4.65. The molecule has 2 N–H and O–H groups in total. The zero-order valence-electron chi connectivity index (χ0n) is 20.7. The molecule has 2 aliphatic heterocycles. The molecule has 0 unspecified atom stereocenters. The third-order valence-corrected chi connectivity index (χ3v) is 11.0. The molecule has 0 saturated carbocycles. The van der Waals surface area contributed by atoms with Crippen molar-refractivity contribution in [2.24, 2.45) is 0 Å². The number of nitrogens with zero attached hydrogens (tertiary/aromatic N) is 1. The number of fused-ring (bicyclic) bond motifs is 1. The summed E-state index contributed by atoms with van der Waals surface area (Å²) in [4.78, 5) is 39.5. The second kappa shape index (κ2) is 9.55. The van der Waals surface area contributed by atoms with E-state index in [1.54, 1.807) is 20.8 Å². The van der Waals surface area contributed by atoms with Crippen LogP contribution in [0, 0.1) is 0 Å². The highest BCUT2D eigenvalue weighted by Crippen LogP contribution is 2.41. The van der Waals surface area contributed by atoms with Gasteiger partial charge in [-0.1, -0.05) is 32.9 Å². The van der Waals surface area contributed by atoms with Crippen molar-refractivity contribution in [1.82, 2.24) is 10.2 Å². The monoisotopic (exact) mass is 468 g/mol. The average molecular weight is 469 g/mol. The average Bonchev–Trinajstić information content (AvgIpc) is 2.97. The Morgan fingerprint density at radius 3 is 2.31 bits per heavy atom. The summed E-state index contributed by atoms with van der Waals surface area (Å²) in [6, 6.07) is -2.23. The van der Waals surface area contributed by atoms with Gasteiger partial charge in [-0.25, -0.2) is 9.59 Å². The van der Waals surface area contributed by atoms with E-state index in [1.165, 1.54) is 4.90 Å². The molecular weight excluding hydrogens is 428 g/mol. The molecule has 0 radical (unpaired) electrons. The fraction of sp³-hybridized carbons (Fsp3) is 0.783. The van der Waals surface area contributed by atoms with Crippen LogP contribution in [0.1, 0.15) is 67.2 Å². The quantitative estimate of drug-likeness (QED) is 0.476. The second-order valence-electron chi connectivity index (χ2n) is 11.3. The van der Waals surface area contributed by atoms with Crippen LogP contribution in [0.4, 0.5) is 4.79 Å². The summed E-state index contributed by atoms with van der Waals surface area (Å²) in [5.74, 6) is -1.45. The number of hydrogen-bond acceptors (Lipinski definition) is 5. The summed E-state index contributed by atoms with van der Waals surface area (Å²) >= 11 is 0. The summed E-state index contributed by atoms with van der Waals surface area (Å²) in [6.45, 7) is 15.9. The van der Waals surface area contributed by atoms with Crippen LogP contribution < -0.4 is 5.32 Å². The van der Waals surface area contributed by atoms with Crippen LogP contribution in [0.2, 0.25) is 18.1 Å². The molecule has 2 heterocycles. The molecule has 9 heteroatoms. The maximum atomic E-state index is 13.6. The summed E-state index contributed by atoms with van der Waals surface area (Å²) in [5.41, 5.74) is -0.705. The number of carboxylic acids is 1. The largest absolute Gasteiger partial charge is 0.480 e. The van der Waals surface area contributed by atoms with Gasteiger partial charge < -0.3 is 24.5 Å². The topological polar surface area (TPSA) is 105 Å². The van der Waals surface area contributed by atoms with Crippen molar-refractivity contribution in [1.29, 1.82) is 0 Å². The van der Waals surface area contributed by atoms with Crippen molar-refractivity contribution >= 4 is 26.3 Å². The smallest absolute Gasteiger partial charge is 0.408 e. The third-order valence-electron chi connectivity index (χ3n) is 6.53. The van der Waals surface area contributed by atoms with E-state index in [0.717, 1.165) is 0 Å². The van der Waals surface area contributed by atoms with Crippen molar-refractivity contribution in [3.63, 3.8) is 0 Å². The van der Waals surface area contributed by atoms with E-state index < -0.39 is 44.0 Å². The molecule has 2 amide bonds. The first kappa shape index (κ1) is 26.4. The molecule has 1 saturated heterocycles. The highest BCUT2D eigenvalue weighted by molar-refractivity contribution is 6.74. The van der Waals surface area contributed by atoms with Gasteiger partial charge >= 0.3 is 12.1 Å². The van der Waals surface area contributed by atoms with Crippen molar-refractivity contribution in [2.75, 3.05) is 0 Å². The fourth-order valence-corrected chi connectivity index (χ4v) is 5.28. The van der Waals surface area contributed by atoms with E-state index in [4.69, 9.17) is 9.16 Å². The molecule has 32 heavy (non-hydrogen) atoms. The molecule has 1 fully saturated rings. The maximum absolute atomic E-state index is 13.6. The standard InChI is InChI=1S/C23H40N2O6Si/c1-22(2,3)30-21(29)24-15-12-10-9-11-13-16-18(31-32(7,8)23(4,5)6)14-17(20(27)28)25(16)19(15)26/h9-10,15-18H,11-14H2,1-8H3,(H,24,29)(H,27,28)/t15-,16-,17-,18+/m0/s1. The summed E-state index contributed by atoms with van der Waals surface area (Å²) in [7, 11) is -2.18. The highest BCUT2D eigenvalue weighted by atomic mass is 28.4. The van der Waals surface area contributed by atoms with Gasteiger partial charge in [0.05, 0.1) is 12.1 Å². The zero-order chi connectivity index (χ0) is 24.5. The molecule has 182 valence electrons. The lowest BCUT2D eigenvalue weighted by atomic mass is 10.1. The number of carboxylic acid groups (broad SMARTS) is 1. The van der Waals surface area contributed by atoms with Gasteiger partial charge in [0.25, 0.3) is 0 Å². The normalized spacial score (nSPS) is 27.2. The minimum atomic E-state index is -2.18. The first-order valence-electron chi connectivity index (χ1n) is 11.4. The molecule has 2 aliphatic rings. The second-order valence-corrected chi connectivity index (χ2v) is 16.1. The van der Waals surface area contributed by atoms with E-state index in [2.05, 4.69) is 39.2 Å². The number of rotatable bonds is 4. The van der Waals surface area contributed by atoms with E-state index in [0.29, 0.717) is 12.8 Å². The van der Waals surface area contributed by atoms with Crippen LogP contribution in [0.3, 0.4) is 0 Å². The number of ether oxygens (including phenoxy) is 1. The molecule has 0 aromatic carbocycles. The van der Waals surface area contributed by atoms with Gasteiger partial charge in [0.15, 0.2) is 8.32 Å². The Balaban J connectivity index is 2.34. The van der Waals surface area contributed by atoms with Crippen LogP contribution in [0.15, 0.2) is 12.2 Å². The molecular formula is C23H40N2O6Si. The Labute approximate surface area is 192 Å². The lowest BCUT2D eigenvalue weighted by molar-refractivity contribution is -0.150. The van der Waals surface area contributed by atoms with E-state index in [9.17, 15) is 19.5 Å². The number of hydrogen-bond donors (Lipinski definition) is 2. The summed E-state index contributed by atoms with van der Waals surface area (Å²) < 4.78 is 11.9. The van der Waals surface area contributed by atoms with E-state index in [-0.39, 0.29) is 30.0 Å². The predicted octanol–water partition coefficient (Wildman–Crippen LogP) is 4.06. The van der Waals surface area contributed by atoms with Gasteiger partial charge in [0, 0.05) is 6.42 Å². The minimum Gasteiger partial charge on any atom is -0.480 e. The SMILES string of the molecule is CC(C)(C)OC(=O)N[C@H]1CC=CCC[C@H]2[C@H](O[Si](C)(C)C(C)(C)C)C[C@@H](C(=O)O)N2C1=O. The Hall–Kier alpha value is -1.87. The Bertz CT molecular complexity index is 753. The van der Waals surface area contributed by atoms with Gasteiger partial charge in [-0.2, -0.15) is 0 Å². The number of carbonyl (C=O) groups is 3. The van der Waals surface area contributed by atoms with Crippen molar-refractivity contribution in [3.05, 3.63) is 12.2 Å².